The first-order valence-corrected chi connectivity index (χ1v) is 8.20. The molecule has 0 bridgehead atoms. The number of ether oxygens (including phenoxy) is 3. The maximum Gasteiger partial charge on any atom is 0.223 e. The molecular formula is C17H24N2O4. The average Bonchev–Trinajstić information content (AvgIpc) is 3.05. The topological polar surface area (TPSA) is 60.0 Å². The first kappa shape index (κ1) is 16.2. The molecule has 0 spiro atoms. The molecule has 0 aliphatic carbocycles. The quantitative estimate of drug-likeness (QED) is 0.835. The number of nitrogens with one attached hydrogen (secondary N) is 1. The third-order valence-corrected chi connectivity index (χ3v) is 4.25. The van der Waals surface area contributed by atoms with Gasteiger partial charge in [0.2, 0.25) is 5.91 Å². The van der Waals surface area contributed by atoms with Crippen LogP contribution in [0.2, 0.25) is 0 Å². The zero-order valence-corrected chi connectivity index (χ0v) is 13.3. The van der Waals surface area contributed by atoms with E-state index in [9.17, 15) is 4.79 Å². The third-order valence-electron chi connectivity index (χ3n) is 4.25. The second kappa shape index (κ2) is 8.29. The van der Waals surface area contributed by atoms with E-state index in [-0.39, 0.29) is 18.0 Å². The highest BCUT2D eigenvalue weighted by molar-refractivity contribution is 5.76. The van der Waals surface area contributed by atoms with Gasteiger partial charge in [0.15, 0.2) is 0 Å². The van der Waals surface area contributed by atoms with E-state index in [4.69, 9.17) is 14.2 Å². The normalized spacial score (nSPS) is 25.2. The van der Waals surface area contributed by atoms with Crippen molar-refractivity contribution in [1.29, 1.82) is 0 Å². The first-order valence-electron chi connectivity index (χ1n) is 8.20. The highest BCUT2D eigenvalue weighted by Crippen LogP contribution is 2.15. The lowest BCUT2D eigenvalue weighted by Gasteiger charge is -2.34. The molecule has 0 saturated carbocycles. The van der Waals surface area contributed by atoms with Crippen LogP contribution < -0.4 is 10.1 Å². The highest BCUT2D eigenvalue weighted by atomic mass is 16.5. The molecule has 23 heavy (non-hydrogen) atoms. The summed E-state index contributed by atoms with van der Waals surface area (Å²) >= 11 is 0. The monoisotopic (exact) mass is 320 g/mol. The lowest BCUT2D eigenvalue weighted by Crippen LogP contribution is -2.54. The fraction of sp³-hybridized carbons (Fsp3) is 0.588. The van der Waals surface area contributed by atoms with Gasteiger partial charge < -0.3 is 19.5 Å². The van der Waals surface area contributed by atoms with Gasteiger partial charge in [0.1, 0.15) is 5.75 Å². The Balaban J connectivity index is 1.41. The predicted molar refractivity (Wildman–Crippen MR) is 85.5 cm³/mol. The number of carbonyl (C=O) groups excluding carboxylic acids is 1. The second-order valence-electron chi connectivity index (χ2n) is 5.84. The van der Waals surface area contributed by atoms with E-state index in [0.29, 0.717) is 26.2 Å². The van der Waals surface area contributed by atoms with Crippen LogP contribution in [0.1, 0.15) is 6.42 Å². The Bertz CT molecular complexity index is 491. The number of nitrogens with zero attached hydrogens (tertiary/aromatic N) is 1. The number of benzene rings is 1. The molecule has 1 N–H and O–H groups in total. The van der Waals surface area contributed by atoms with E-state index >= 15 is 0 Å². The molecule has 0 unspecified atom stereocenters. The summed E-state index contributed by atoms with van der Waals surface area (Å²) in [5, 5.41) is 3.09. The van der Waals surface area contributed by atoms with Crippen LogP contribution in [0.3, 0.4) is 0 Å². The van der Waals surface area contributed by atoms with Gasteiger partial charge >= 0.3 is 0 Å². The average molecular weight is 320 g/mol. The molecule has 2 aliphatic rings. The molecule has 126 valence electrons. The maximum absolute atomic E-state index is 12.1. The molecule has 2 heterocycles. The van der Waals surface area contributed by atoms with Gasteiger partial charge in [-0.1, -0.05) is 18.2 Å². The predicted octanol–water partition coefficient (Wildman–Crippen LogP) is 0.671. The van der Waals surface area contributed by atoms with Crippen LogP contribution in [0.15, 0.2) is 30.3 Å². The zero-order valence-electron chi connectivity index (χ0n) is 13.3. The van der Waals surface area contributed by atoms with E-state index in [0.717, 1.165) is 32.1 Å². The van der Waals surface area contributed by atoms with E-state index in [1.54, 1.807) is 0 Å². The Hall–Kier alpha value is -1.63. The Kier molecular flexibility index (Phi) is 5.85. The standard InChI is InChI=1S/C17H24N2O4/c20-17(6-9-23-14-4-2-1-3-5-14)18-15-12-22-13-16(15)19-7-10-21-11-8-19/h1-5,15-16H,6-13H2,(H,18,20)/t15-,16-/m1/s1. The van der Waals surface area contributed by atoms with Crippen LogP contribution in [0.5, 0.6) is 5.75 Å². The Morgan fingerprint density at radius 2 is 1.96 bits per heavy atom. The minimum atomic E-state index is 0.00897. The highest BCUT2D eigenvalue weighted by Gasteiger charge is 2.34. The van der Waals surface area contributed by atoms with Crippen LogP contribution in [-0.2, 0) is 14.3 Å². The van der Waals surface area contributed by atoms with E-state index < -0.39 is 0 Å². The smallest absolute Gasteiger partial charge is 0.223 e. The SMILES string of the molecule is O=C(CCOc1ccccc1)N[C@@H]1COC[C@H]1N1CCOCC1. The van der Waals surface area contributed by atoms with E-state index in [1.807, 2.05) is 30.3 Å². The largest absolute Gasteiger partial charge is 0.493 e. The molecule has 1 aromatic carbocycles. The molecule has 6 heteroatoms. The van der Waals surface area contributed by atoms with Crippen molar-refractivity contribution in [2.45, 2.75) is 18.5 Å². The summed E-state index contributed by atoms with van der Waals surface area (Å²) in [6, 6.07) is 9.84. The summed E-state index contributed by atoms with van der Waals surface area (Å²) in [6.07, 6.45) is 0.348. The van der Waals surface area contributed by atoms with Gasteiger partial charge in [0.05, 0.1) is 51.5 Å². The number of rotatable bonds is 6. The van der Waals surface area contributed by atoms with Crippen LogP contribution in [-0.4, -0.2) is 69.0 Å². The van der Waals surface area contributed by atoms with Crippen molar-refractivity contribution in [2.24, 2.45) is 0 Å². The Labute approximate surface area is 136 Å². The summed E-state index contributed by atoms with van der Waals surface area (Å²) in [4.78, 5) is 14.5. The molecular weight excluding hydrogens is 296 g/mol. The molecule has 1 amide bonds. The molecule has 0 aromatic heterocycles. The van der Waals surface area contributed by atoms with Crippen molar-refractivity contribution in [3.8, 4) is 5.75 Å². The van der Waals surface area contributed by atoms with Gasteiger partial charge in [-0.15, -0.1) is 0 Å². The third kappa shape index (κ3) is 4.67. The molecule has 2 saturated heterocycles. The van der Waals surface area contributed by atoms with Crippen molar-refractivity contribution in [1.82, 2.24) is 10.2 Å². The molecule has 0 radical (unpaired) electrons. The van der Waals surface area contributed by atoms with Gasteiger partial charge in [0, 0.05) is 13.1 Å². The summed E-state index contributed by atoms with van der Waals surface area (Å²) in [5.41, 5.74) is 0. The molecule has 6 nitrogen and oxygen atoms in total. The Morgan fingerprint density at radius 3 is 2.74 bits per heavy atom. The van der Waals surface area contributed by atoms with E-state index in [1.165, 1.54) is 0 Å². The zero-order chi connectivity index (χ0) is 15.9. The number of para-hydroxylation sites is 1. The summed E-state index contributed by atoms with van der Waals surface area (Å²) in [5.74, 6) is 0.797. The lowest BCUT2D eigenvalue weighted by molar-refractivity contribution is -0.122. The lowest BCUT2D eigenvalue weighted by atomic mass is 10.1. The van der Waals surface area contributed by atoms with Crippen molar-refractivity contribution < 1.29 is 19.0 Å². The minimum Gasteiger partial charge on any atom is -0.493 e. The number of amides is 1. The number of hydrogen-bond donors (Lipinski definition) is 1. The second-order valence-corrected chi connectivity index (χ2v) is 5.84. The fourth-order valence-electron chi connectivity index (χ4n) is 3.01. The van der Waals surface area contributed by atoms with Crippen molar-refractivity contribution in [3.05, 3.63) is 30.3 Å². The van der Waals surface area contributed by atoms with Gasteiger partial charge in [0.25, 0.3) is 0 Å². The number of carbonyl (C=O) groups is 1. The first-order chi connectivity index (χ1) is 11.3. The van der Waals surface area contributed by atoms with Gasteiger partial charge in [-0.3, -0.25) is 9.69 Å². The van der Waals surface area contributed by atoms with Gasteiger partial charge in [-0.2, -0.15) is 0 Å². The molecule has 2 aliphatic heterocycles. The van der Waals surface area contributed by atoms with Crippen LogP contribution >= 0.6 is 0 Å². The molecule has 3 rings (SSSR count). The summed E-state index contributed by atoms with van der Waals surface area (Å²) in [6.45, 7) is 4.93. The van der Waals surface area contributed by atoms with Gasteiger partial charge in [-0.25, -0.2) is 0 Å². The van der Waals surface area contributed by atoms with E-state index in [2.05, 4.69) is 10.2 Å². The minimum absolute atomic E-state index is 0.00897. The van der Waals surface area contributed by atoms with Crippen LogP contribution in [0.25, 0.3) is 0 Å². The number of hydrogen-bond acceptors (Lipinski definition) is 5. The molecule has 2 atom stereocenters. The Morgan fingerprint density at radius 1 is 1.17 bits per heavy atom. The van der Waals surface area contributed by atoms with Gasteiger partial charge in [-0.05, 0) is 12.1 Å². The maximum atomic E-state index is 12.1. The van der Waals surface area contributed by atoms with Crippen molar-refractivity contribution >= 4 is 5.91 Å². The van der Waals surface area contributed by atoms with Crippen molar-refractivity contribution in [2.75, 3.05) is 46.1 Å². The number of morpholine rings is 1. The fourth-order valence-corrected chi connectivity index (χ4v) is 3.01. The van der Waals surface area contributed by atoms with Crippen LogP contribution in [0.4, 0.5) is 0 Å². The molecule has 1 aromatic rings. The summed E-state index contributed by atoms with van der Waals surface area (Å²) < 4.78 is 16.5. The summed E-state index contributed by atoms with van der Waals surface area (Å²) in [7, 11) is 0. The van der Waals surface area contributed by atoms with Crippen LogP contribution in [0, 0.1) is 0 Å². The molecule has 2 fully saturated rings. The van der Waals surface area contributed by atoms with Crippen molar-refractivity contribution in [3.63, 3.8) is 0 Å².